The van der Waals surface area contributed by atoms with Crippen LogP contribution < -0.4 is 10.2 Å². The Hall–Kier alpha value is -2.57. The molecule has 0 aromatic carbocycles. The van der Waals surface area contributed by atoms with Crippen molar-refractivity contribution >= 4 is 11.9 Å². The largest absolute Gasteiger partial charge is 0.345 e. The highest BCUT2D eigenvalue weighted by Crippen LogP contribution is 2.16. The monoisotopic (exact) mass is 312 g/mol. The summed E-state index contributed by atoms with van der Waals surface area (Å²) in [5.41, 5.74) is 2.01. The average molecular weight is 312 g/mol. The second-order valence-corrected chi connectivity index (χ2v) is 5.62. The van der Waals surface area contributed by atoms with Gasteiger partial charge in [0.25, 0.3) is 5.91 Å². The lowest BCUT2D eigenvalue weighted by Crippen LogP contribution is -2.32. The molecule has 3 rings (SSSR count). The van der Waals surface area contributed by atoms with Gasteiger partial charge in [-0.05, 0) is 32.3 Å². The third-order valence-corrected chi connectivity index (χ3v) is 3.76. The van der Waals surface area contributed by atoms with E-state index in [1.165, 1.54) is 37.9 Å². The van der Waals surface area contributed by atoms with E-state index in [1.54, 1.807) is 0 Å². The second kappa shape index (κ2) is 7.13. The quantitative estimate of drug-likeness (QED) is 0.921. The van der Waals surface area contributed by atoms with Gasteiger partial charge in [0.05, 0.1) is 18.4 Å². The summed E-state index contributed by atoms with van der Waals surface area (Å²) >= 11 is 0. The van der Waals surface area contributed by atoms with Crippen LogP contribution in [0.4, 0.5) is 5.95 Å². The molecule has 1 amide bonds. The predicted octanol–water partition coefficient (Wildman–Crippen LogP) is 1.50. The molecule has 0 atom stereocenters. The molecule has 1 N–H and O–H groups in total. The number of aromatic nitrogens is 4. The highest BCUT2D eigenvalue weighted by atomic mass is 16.1. The number of hydrogen-bond donors (Lipinski definition) is 1. The van der Waals surface area contributed by atoms with Crippen molar-refractivity contribution in [2.24, 2.45) is 0 Å². The molecule has 2 aromatic heterocycles. The van der Waals surface area contributed by atoms with Crippen LogP contribution in [-0.2, 0) is 6.54 Å². The Morgan fingerprint density at radius 1 is 1.22 bits per heavy atom. The standard InChI is InChI=1S/C16H20N6O/c1-12-9-13(10-19-15(23)14-11-17-5-6-18-14)21-16(20-12)22-7-3-2-4-8-22/h5-6,9,11H,2-4,7-8,10H2,1H3,(H,19,23). The predicted molar refractivity (Wildman–Crippen MR) is 86.0 cm³/mol. The zero-order valence-corrected chi connectivity index (χ0v) is 13.2. The highest BCUT2D eigenvalue weighted by molar-refractivity contribution is 5.91. The van der Waals surface area contributed by atoms with Gasteiger partial charge in [0.15, 0.2) is 0 Å². The summed E-state index contributed by atoms with van der Waals surface area (Å²) in [5, 5.41) is 2.82. The summed E-state index contributed by atoms with van der Waals surface area (Å²) in [7, 11) is 0. The average Bonchev–Trinajstić information content (AvgIpc) is 2.61. The number of amides is 1. The Morgan fingerprint density at radius 2 is 2.04 bits per heavy atom. The zero-order valence-electron chi connectivity index (χ0n) is 13.2. The van der Waals surface area contributed by atoms with Crippen molar-refractivity contribution in [3.8, 4) is 0 Å². The maximum atomic E-state index is 12.0. The van der Waals surface area contributed by atoms with Gasteiger partial charge in [-0.25, -0.2) is 15.0 Å². The molecule has 120 valence electrons. The molecule has 0 bridgehead atoms. The molecular formula is C16H20N6O. The van der Waals surface area contributed by atoms with Crippen molar-refractivity contribution in [3.05, 3.63) is 41.7 Å². The summed E-state index contributed by atoms with van der Waals surface area (Å²) in [6, 6.07) is 1.89. The molecule has 1 saturated heterocycles. The fraction of sp³-hybridized carbons (Fsp3) is 0.438. The summed E-state index contributed by atoms with van der Waals surface area (Å²) in [6.07, 6.45) is 8.10. The first-order valence-corrected chi connectivity index (χ1v) is 7.86. The number of nitrogens with one attached hydrogen (secondary N) is 1. The molecule has 1 aliphatic rings. The number of nitrogens with zero attached hydrogens (tertiary/aromatic N) is 5. The number of anilines is 1. The fourth-order valence-electron chi connectivity index (χ4n) is 2.62. The number of hydrogen-bond acceptors (Lipinski definition) is 6. The number of carbonyl (C=O) groups is 1. The Morgan fingerprint density at radius 3 is 2.78 bits per heavy atom. The van der Waals surface area contributed by atoms with Gasteiger partial charge >= 0.3 is 0 Å². The van der Waals surface area contributed by atoms with Crippen LogP contribution in [0.1, 0.15) is 41.1 Å². The van der Waals surface area contributed by atoms with Crippen LogP contribution in [0.3, 0.4) is 0 Å². The topological polar surface area (TPSA) is 83.9 Å². The molecule has 1 fully saturated rings. The van der Waals surface area contributed by atoms with Crippen LogP contribution in [0.5, 0.6) is 0 Å². The van der Waals surface area contributed by atoms with E-state index in [1.807, 2.05) is 13.0 Å². The van der Waals surface area contributed by atoms with Crippen molar-refractivity contribution in [2.75, 3.05) is 18.0 Å². The first-order chi connectivity index (χ1) is 11.2. The van der Waals surface area contributed by atoms with Gasteiger partial charge in [-0.15, -0.1) is 0 Å². The minimum absolute atomic E-state index is 0.256. The number of aryl methyl sites for hydroxylation is 1. The summed E-state index contributed by atoms with van der Waals surface area (Å²) in [6.45, 7) is 4.28. The molecule has 7 nitrogen and oxygen atoms in total. The zero-order chi connectivity index (χ0) is 16.1. The van der Waals surface area contributed by atoms with E-state index >= 15 is 0 Å². The molecule has 0 radical (unpaired) electrons. The summed E-state index contributed by atoms with van der Waals surface area (Å²) in [5.74, 6) is 0.502. The van der Waals surface area contributed by atoms with E-state index in [-0.39, 0.29) is 5.91 Å². The normalized spacial score (nSPS) is 14.6. The van der Waals surface area contributed by atoms with Gasteiger partial charge in [0.1, 0.15) is 5.69 Å². The van der Waals surface area contributed by atoms with E-state index in [0.29, 0.717) is 12.2 Å². The third kappa shape index (κ3) is 4.00. The van der Waals surface area contributed by atoms with Crippen LogP contribution in [0, 0.1) is 6.92 Å². The van der Waals surface area contributed by atoms with Gasteiger partial charge in [-0.3, -0.25) is 9.78 Å². The van der Waals surface area contributed by atoms with Gasteiger partial charge in [-0.1, -0.05) is 0 Å². The molecule has 0 spiro atoms. The summed E-state index contributed by atoms with van der Waals surface area (Å²) < 4.78 is 0. The minimum Gasteiger partial charge on any atom is -0.345 e. The molecule has 0 aliphatic carbocycles. The van der Waals surface area contributed by atoms with Gasteiger partial charge in [-0.2, -0.15) is 0 Å². The van der Waals surface area contributed by atoms with Crippen LogP contribution in [0.2, 0.25) is 0 Å². The Bertz CT molecular complexity index is 670. The molecule has 23 heavy (non-hydrogen) atoms. The van der Waals surface area contributed by atoms with E-state index in [4.69, 9.17) is 0 Å². The van der Waals surface area contributed by atoms with Crippen molar-refractivity contribution in [1.82, 2.24) is 25.3 Å². The number of rotatable bonds is 4. The first-order valence-electron chi connectivity index (χ1n) is 7.86. The molecule has 7 heteroatoms. The van der Waals surface area contributed by atoms with Crippen LogP contribution >= 0.6 is 0 Å². The van der Waals surface area contributed by atoms with E-state index in [2.05, 4.69) is 30.2 Å². The lowest BCUT2D eigenvalue weighted by molar-refractivity contribution is 0.0945. The Kier molecular flexibility index (Phi) is 4.75. The minimum atomic E-state index is -0.256. The molecule has 3 heterocycles. The Balaban J connectivity index is 1.68. The fourth-order valence-corrected chi connectivity index (χ4v) is 2.62. The maximum absolute atomic E-state index is 12.0. The number of piperidine rings is 1. The van der Waals surface area contributed by atoms with E-state index < -0.39 is 0 Å². The smallest absolute Gasteiger partial charge is 0.271 e. The third-order valence-electron chi connectivity index (χ3n) is 3.76. The SMILES string of the molecule is Cc1cc(CNC(=O)c2cnccn2)nc(N2CCCCC2)n1. The lowest BCUT2D eigenvalue weighted by Gasteiger charge is -2.27. The molecule has 0 unspecified atom stereocenters. The lowest BCUT2D eigenvalue weighted by atomic mass is 10.1. The van der Waals surface area contributed by atoms with Crippen molar-refractivity contribution in [2.45, 2.75) is 32.7 Å². The maximum Gasteiger partial charge on any atom is 0.271 e. The van der Waals surface area contributed by atoms with Crippen molar-refractivity contribution < 1.29 is 4.79 Å². The van der Waals surface area contributed by atoms with Crippen molar-refractivity contribution in [3.63, 3.8) is 0 Å². The first kappa shape index (κ1) is 15.3. The van der Waals surface area contributed by atoms with Crippen LogP contribution in [0.15, 0.2) is 24.7 Å². The molecule has 1 aliphatic heterocycles. The van der Waals surface area contributed by atoms with Gasteiger partial charge < -0.3 is 10.2 Å². The van der Waals surface area contributed by atoms with E-state index in [0.717, 1.165) is 30.4 Å². The van der Waals surface area contributed by atoms with Crippen LogP contribution in [0.25, 0.3) is 0 Å². The van der Waals surface area contributed by atoms with Gasteiger partial charge in [0, 0.05) is 31.2 Å². The van der Waals surface area contributed by atoms with Gasteiger partial charge in [0.2, 0.25) is 5.95 Å². The van der Waals surface area contributed by atoms with Crippen molar-refractivity contribution in [1.29, 1.82) is 0 Å². The summed E-state index contributed by atoms with van der Waals surface area (Å²) in [4.78, 5) is 31.2. The molecular weight excluding hydrogens is 292 g/mol. The second-order valence-electron chi connectivity index (χ2n) is 5.62. The molecule has 0 saturated carbocycles. The Labute approximate surface area is 135 Å². The van der Waals surface area contributed by atoms with Crippen LogP contribution in [-0.4, -0.2) is 38.9 Å². The highest BCUT2D eigenvalue weighted by Gasteiger charge is 2.15. The molecule has 2 aromatic rings. The number of carbonyl (C=O) groups excluding carboxylic acids is 1. The van der Waals surface area contributed by atoms with E-state index in [9.17, 15) is 4.79 Å².